The molecule has 0 N–H and O–H groups in total. The standard InChI is InChI=1S/C7H8F3N/c1-11-6-3-2-5(4-6)7(8,9)10/h5-6H,2-4H2. The fraction of sp³-hybridized carbons (Fsp3) is 0.857. The lowest BCUT2D eigenvalue weighted by Crippen LogP contribution is -2.20. The van der Waals surface area contributed by atoms with Crippen molar-refractivity contribution < 1.29 is 13.2 Å². The summed E-state index contributed by atoms with van der Waals surface area (Å²) < 4.78 is 35.9. The molecule has 0 heterocycles. The van der Waals surface area contributed by atoms with Crippen LogP contribution in [0.25, 0.3) is 4.85 Å². The molecule has 0 spiro atoms. The first-order valence-electron chi connectivity index (χ1n) is 3.47. The molecule has 1 nitrogen and oxygen atoms in total. The molecule has 2 unspecified atom stereocenters. The Morgan fingerprint density at radius 2 is 1.91 bits per heavy atom. The molecule has 0 bridgehead atoms. The molecule has 1 saturated carbocycles. The molecule has 1 aliphatic rings. The SMILES string of the molecule is [C-]#[N+]C1CCC(C(F)(F)F)C1. The van der Waals surface area contributed by atoms with Crippen LogP contribution >= 0.6 is 0 Å². The van der Waals surface area contributed by atoms with E-state index in [0.29, 0.717) is 6.42 Å². The lowest BCUT2D eigenvalue weighted by Gasteiger charge is -2.11. The normalized spacial score (nSPS) is 31.8. The molecule has 62 valence electrons. The van der Waals surface area contributed by atoms with Gasteiger partial charge in [0.15, 0.2) is 0 Å². The van der Waals surface area contributed by atoms with Gasteiger partial charge in [-0.25, -0.2) is 6.57 Å². The smallest absolute Gasteiger partial charge is 0.314 e. The van der Waals surface area contributed by atoms with Crippen molar-refractivity contribution >= 4 is 0 Å². The van der Waals surface area contributed by atoms with E-state index in [9.17, 15) is 13.2 Å². The van der Waals surface area contributed by atoms with Crippen molar-refractivity contribution in [3.05, 3.63) is 11.4 Å². The molecular weight excluding hydrogens is 155 g/mol. The molecule has 0 amide bonds. The van der Waals surface area contributed by atoms with Crippen molar-refractivity contribution in [1.82, 2.24) is 0 Å². The molecule has 0 aromatic carbocycles. The number of rotatable bonds is 0. The quantitative estimate of drug-likeness (QED) is 0.483. The van der Waals surface area contributed by atoms with Crippen LogP contribution in [-0.4, -0.2) is 12.2 Å². The molecule has 0 saturated heterocycles. The van der Waals surface area contributed by atoms with Crippen LogP contribution in [0.2, 0.25) is 0 Å². The summed E-state index contributed by atoms with van der Waals surface area (Å²) in [5.41, 5.74) is 0. The zero-order chi connectivity index (χ0) is 8.48. The van der Waals surface area contributed by atoms with Crippen LogP contribution in [0.4, 0.5) is 13.2 Å². The third-order valence-electron chi connectivity index (χ3n) is 2.05. The zero-order valence-corrected chi connectivity index (χ0v) is 5.86. The molecule has 1 rings (SSSR count). The molecule has 0 aromatic heterocycles. The Balaban J connectivity index is 2.50. The van der Waals surface area contributed by atoms with E-state index >= 15 is 0 Å². The van der Waals surface area contributed by atoms with E-state index in [-0.39, 0.29) is 18.9 Å². The maximum Gasteiger partial charge on any atom is 0.392 e. The summed E-state index contributed by atoms with van der Waals surface area (Å²) in [6.45, 7) is 6.55. The van der Waals surface area contributed by atoms with E-state index in [2.05, 4.69) is 4.85 Å². The summed E-state index contributed by atoms with van der Waals surface area (Å²) in [7, 11) is 0. The average Bonchev–Trinajstić information content (AvgIpc) is 2.32. The Bertz CT molecular complexity index is 179. The van der Waals surface area contributed by atoms with Crippen molar-refractivity contribution in [1.29, 1.82) is 0 Å². The van der Waals surface area contributed by atoms with Crippen LogP contribution in [0.5, 0.6) is 0 Å². The van der Waals surface area contributed by atoms with E-state index in [1.807, 2.05) is 0 Å². The summed E-state index contributed by atoms with van der Waals surface area (Å²) in [6.07, 6.45) is -3.53. The predicted octanol–water partition coefficient (Wildman–Crippen LogP) is 2.64. The topological polar surface area (TPSA) is 4.36 Å². The third kappa shape index (κ3) is 1.86. The molecular formula is C7H8F3N. The summed E-state index contributed by atoms with van der Waals surface area (Å²) in [5.74, 6) is -1.22. The fourth-order valence-corrected chi connectivity index (χ4v) is 1.37. The maximum absolute atomic E-state index is 12.0. The van der Waals surface area contributed by atoms with Gasteiger partial charge in [-0.2, -0.15) is 13.2 Å². The minimum absolute atomic E-state index is 0.00694. The second-order valence-corrected chi connectivity index (χ2v) is 2.83. The van der Waals surface area contributed by atoms with Gasteiger partial charge in [0.1, 0.15) is 0 Å². The van der Waals surface area contributed by atoms with Gasteiger partial charge in [0, 0.05) is 12.8 Å². The zero-order valence-electron chi connectivity index (χ0n) is 5.86. The van der Waals surface area contributed by atoms with Gasteiger partial charge in [-0.05, 0) is 6.42 Å². The van der Waals surface area contributed by atoms with Gasteiger partial charge in [-0.15, -0.1) is 0 Å². The summed E-state index contributed by atoms with van der Waals surface area (Å²) in [5, 5.41) is 0. The highest BCUT2D eigenvalue weighted by molar-refractivity contribution is 4.90. The molecule has 0 radical (unpaired) electrons. The van der Waals surface area contributed by atoms with Gasteiger partial charge in [0.05, 0.1) is 5.92 Å². The van der Waals surface area contributed by atoms with E-state index in [0.717, 1.165) is 0 Å². The van der Waals surface area contributed by atoms with Crippen LogP contribution < -0.4 is 0 Å². The Labute approximate surface area is 63.0 Å². The Morgan fingerprint density at radius 3 is 2.18 bits per heavy atom. The van der Waals surface area contributed by atoms with E-state index in [4.69, 9.17) is 6.57 Å². The molecule has 0 aromatic rings. The van der Waals surface area contributed by atoms with Gasteiger partial charge in [0.25, 0.3) is 0 Å². The average molecular weight is 163 g/mol. The molecule has 1 fully saturated rings. The van der Waals surface area contributed by atoms with E-state index in [1.54, 1.807) is 0 Å². The third-order valence-corrected chi connectivity index (χ3v) is 2.05. The predicted molar refractivity (Wildman–Crippen MR) is 33.8 cm³/mol. The van der Waals surface area contributed by atoms with Crippen molar-refractivity contribution in [3.8, 4) is 0 Å². The Kier molecular flexibility index (Phi) is 2.08. The minimum atomic E-state index is -4.08. The van der Waals surface area contributed by atoms with Crippen molar-refractivity contribution in [2.75, 3.05) is 0 Å². The Morgan fingerprint density at radius 1 is 1.27 bits per heavy atom. The van der Waals surface area contributed by atoms with Crippen LogP contribution in [0.15, 0.2) is 0 Å². The molecule has 1 aliphatic carbocycles. The maximum atomic E-state index is 12.0. The number of hydrogen-bond donors (Lipinski definition) is 0. The lowest BCUT2D eigenvalue weighted by molar-refractivity contribution is -0.172. The van der Waals surface area contributed by atoms with Crippen molar-refractivity contribution in [3.63, 3.8) is 0 Å². The monoisotopic (exact) mass is 163 g/mol. The second kappa shape index (κ2) is 2.72. The second-order valence-electron chi connectivity index (χ2n) is 2.83. The Hall–Kier alpha value is -0.720. The molecule has 2 atom stereocenters. The van der Waals surface area contributed by atoms with Crippen molar-refractivity contribution in [2.45, 2.75) is 31.5 Å². The van der Waals surface area contributed by atoms with Crippen molar-refractivity contribution in [2.24, 2.45) is 5.92 Å². The molecule has 11 heavy (non-hydrogen) atoms. The summed E-state index contributed by atoms with van der Waals surface area (Å²) >= 11 is 0. The highest BCUT2D eigenvalue weighted by Gasteiger charge is 2.46. The molecule has 0 aliphatic heterocycles. The van der Waals surface area contributed by atoms with Gasteiger partial charge < -0.3 is 4.85 Å². The first kappa shape index (κ1) is 8.38. The van der Waals surface area contributed by atoms with E-state index in [1.165, 1.54) is 0 Å². The number of halogens is 3. The van der Waals surface area contributed by atoms with Crippen LogP contribution in [0.3, 0.4) is 0 Å². The van der Waals surface area contributed by atoms with Gasteiger partial charge >= 0.3 is 6.18 Å². The van der Waals surface area contributed by atoms with Crippen LogP contribution in [0, 0.1) is 12.5 Å². The van der Waals surface area contributed by atoms with Crippen LogP contribution in [0.1, 0.15) is 19.3 Å². The lowest BCUT2D eigenvalue weighted by atomic mass is 10.1. The largest absolute Gasteiger partial charge is 0.392 e. The number of hydrogen-bond acceptors (Lipinski definition) is 0. The fourth-order valence-electron chi connectivity index (χ4n) is 1.37. The van der Waals surface area contributed by atoms with Gasteiger partial charge in [0.2, 0.25) is 6.04 Å². The highest BCUT2D eigenvalue weighted by atomic mass is 19.4. The van der Waals surface area contributed by atoms with Gasteiger partial charge in [-0.3, -0.25) is 0 Å². The first-order valence-corrected chi connectivity index (χ1v) is 3.47. The number of nitrogens with zero attached hydrogens (tertiary/aromatic N) is 1. The first-order chi connectivity index (χ1) is 5.04. The number of alkyl halides is 3. The van der Waals surface area contributed by atoms with E-state index < -0.39 is 12.1 Å². The molecule has 4 heteroatoms. The summed E-state index contributed by atoms with van der Waals surface area (Å²) in [4.78, 5) is 3.10. The van der Waals surface area contributed by atoms with Gasteiger partial charge in [-0.1, -0.05) is 0 Å². The highest BCUT2D eigenvalue weighted by Crippen LogP contribution is 2.39. The summed E-state index contributed by atoms with van der Waals surface area (Å²) in [6, 6.07) is -0.387. The minimum Gasteiger partial charge on any atom is -0.314 e. The van der Waals surface area contributed by atoms with Crippen LogP contribution in [-0.2, 0) is 0 Å².